The van der Waals surface area contributed by atoms with Crippen LogP contribution >= 0.6 is 0 Å². The van der Waals surface area contributed by atoms with E-state index in [0.717, 1.165) is 17.2 Å². The molecule has 0 amide bonds. The van der Waals surface area contributed by atoms with Crippen molar-refractivity contribution in [1.82, 2.24) is 4.90 Å². The second kappa shape index (κ2) is 9.49. The Kier molecular flexibility index (Phi) is 6.99. The zero-order valence-corrected chi connectivity index (χ0v) is 16.6. The highest BCUT2D eigenvalue weighted by molar-refractivity contribution is 5.66. The monoisotopic (exact) mass is 423 g/mol. The normalized spacial score (nSPS) is 17.7. The van der Waals surface area contributed by atoms with Crippen molar-refractivity contribution in [3.8, 4) is 5.75 Å². The van der Waals surface area contributed by atoms with Gasteiger partial charge in [0, 0.05) is 25.2 Å². The minimum Gasteiger partial charge on any atom is -0.489 e. The summed E-state index contributed by atoms with van der Waals surface area (Å²) in [5.41, 5.74) is 1.10. The van der Waals surface area contributed by atoms with Gasteiger partial charge in [0.15, 0.2) is 0 Å². The molecule has 2 aromatic rings. The van der Waals surface area contributed by atoms with E-state index in [-0.39, 0.29) is 24.7 Å². The first-order chi connectivity index (χ1) is 14.2. The number of carboxylic acids is 1. The third-order valence-corrected chi connectivity index (χ3v) is 5.07. The summed E-state index contributed by atoms with van der Waals surface area (Å²) in [5, 5.41) is 8.85. The van der Waals surface area contributed by atoms with Crippen LogP contribution in [0.5, 0.6) is 5.75 Å². The molecule has 1 saturated heterocycles. The fourth-order valence-corrected chi connectivity index (χ4v) is 3.47. The third-order valence-electron chi connectivity index (χ3n) is 5.07. The van der Waals surface area contributed by atoms with Crippen LogP contribution in [0.3, 0.4) is 0 Å². The van der Waals surface area contributed by atoms with E-state index >= 15 is 0 Å². The molecule has 1 atom stereocenters. The highest BCUT2D eigenvalue weighted by Gasteiger charge is 2.33. The number of aliphatic carboxylic acids is 1. The molecule has 0 bridgehead atoms. The molecule has 0 radical (unpaired) electrons. The van der Waals surface area contributed by atoms with Gasteiger partial charge in [0.1, 0.15) is 12.4 Å². The molecule has 1 heterocycles. The van der Waals surface area contributed by atoms with E-state index in [9.17, 15) is 18.0 Å². The van der Waals surface area contributed by atoms with Crippen molar-refractivity contribution in [3.05, 3.63) is 64.7 Å². The van der Waals surface area contributed by atoms with Crippen molar-refractivity contribution in [1.29, 1.82) is 0 Å². The molecule has 2 aromatic carbocycles. The lowest BCUT2D eigenvalue weighted by Gasteiger charge is -2.33. The summed E-state index contributed by atoms with van der Waals surface area (Å²) in [4.78, 5) is 12.8. The van der Waals surface area contributed by atoms with Crippen LogP contribution in [0.25, 0.3) is 0 Å². The zero-order chi connectivity index (χ0) is 21.7. The highest BCUT2D eigenvalue weighted by atomic mass is 19.4. The van der Waals surface area contributed by atoms with Crippen LogP contribution in [0.4, 0.5) is 13.2 Å². The van der Waals surface area contributed by atoms with Crippen LogP contribution < -0.4 is 4.74 Å². The maximum atomic E-state index is 13.1. The van der Waals surface area contributed by atoms with E-state index in [4.69, 9.17) is 14.6 Å². The van der Waals surface area contributed by atoms with Crippen LogP contribution in [0.15, 0.2) is 42.5 Å². The van der Waals surface area contributed by atoms with Gasteiger partial charge in [-0.05, 0) is 36.2 Å². The number of carboxylic acid groups (broad SMARTS) is 1. The summed E-state index contributed by atoms with van der Waals surface area (Å²) in [6, 6.07) is 10.8. The van der Waals surface area contributed by atoms with Crippen LogP contribution in [-0.4, -0.2) is 42.2 Å². The molecule has 0 aromatic heterocycles. The average Bonchev–Trinajstić information content (AvgIpc) is 2.71. The van der Waals surface area contributed by atoms with Crippen molar-refractivity contribution >= 4 is 5.97 Å². The number of benzene rings is 2. The Bertz CT molecular complexity index is 885. The quantitative estimate of drug-likeness (QED) is 0.714. The maximum absolute atomic E-state index is 13.1. The fraction of sp³-hybridized carbons (Fsp3) is 0.409. The summed E-state index contributed by atoms with van der Waals surface area (Å²) < 4.78 is 50.9. The van der Waals surface area contributed by atoms with Gasteiger partial charge >= 0.3 is 12.1 Å². The largest absolute Gasteiger partial charge is 0.489 e. The van der Waals surface area contributed by atoms with Crippen molar-refractivity contribution in [3.63, 3.8) is 0 Å². The average molecular weight is 423 g/mol. The molecule has 0 spiro atoms. The molecular weight excluding hydrogens is 399 g/mol. The SMILES string of the molecule is Cc1cc(C2CN(CCC(=O)O)CCO2)ccc1OCc1ccccc1C(F)(F)F. The zero-order valence-electron chi connectivity index (χ0n) is 16.6. The van der Waals surface area contributed by atoms with E-state index in [2.05, 4.69) is 4.90 Å². The predicted molar refractivity (Wildman–Crippen MR) is 104 cm³/mol. The van der Waals surface area contributed by atoms with Crippen LogP contribution in [0.1, 0.15) is 34.8 Å². The van der Waals surface area contributed by atoms with Crippen LogP contribution in [0, 0.1) is 6.92 Å². The summed E-state index contributed by atoms with van der Waals surface area (Å²) in [5.74, 6) is -0.322. The number of aryl methyl sites for hydroxylation is 1. The van der Waals surface area contributed by atoms with E-state index in [1.807, 2.05) is 19.1 Å². The molecule has 5 nitrogen and oxygen atoms in total. The van der Waals surface area contributed by atoms with Gasteiger partial charge < -0.3 is 14.6 Å². The molecular formula is C22H24F3NO4. The van der Waals surface area contributed by atoms with Gasteiger partial charge in [0.25, 0.3) is 0 Å². The second-order valence-corrected chi connectivity index (χ2v) is 7.27. The number of nitrogens with zero attached hydrogens (tertiary/aromatic N) is 1. The topological polar surface area (TPSA) is 59.0 Å². The van der Waals surface area contributed by atoms with Gasteiger partial charge in [-0.15, -0.1) is 0 Å². The molecule has 3 rings (SSSR count). The van der Waals surface area contributed by atoms with Crippen LogP contribution in [0.2, 0.25) is 0 Å². The smallest absolute Gasteiger partial charge is 0.416 e. The van der Waals surface area contributed by atoms with Gasteiger partial charge in [0.2, 0.25) is 0 Å². The van der Waals surface area contributed by atoms with Crippen molar-refractivity contribution in [2.75, 3.05) is 26.2 Å². The Morgan fingerprint density at radius 3 is 2.73 bits per heavy atom. The first kappa shape index (κ1) is 22.1. The maximum Gasteiger partial charge on any atom is 0.416 e. The van der Waals surface area contributed by atoms with Gasteiger partial charge in [-0.25, -0.2) is 0 Å². The molecule has 1 aliphatic rings. The number of ether oxygens (including phenoxy) is 2. The summed E-state index contributed by atoms with van der Waals surface area (Å²) in [6.07, 6.45) is -4.53. The lowest BCUT2D eigenvalue weighted by atomic mass is 10.0. The third kappa shape index (κ3) is 5.73. The molecule has 1 N–H and O–H groups in total. The van der Waals surface area contributed by atoms with E-state index < -0.39 is 17.7 Å². The summed E-state index contributed by atoms with van der Waals surface area (Å²) in [6.45, 7) is 3.90. The number of alkyl halides is 3. The molecule has 1 unspecified atom stereocenters. The summed E-state index contributed by atoms with van der Waals surface area (Å²) >= 11 is 0. The number of rotatable bonds is 7. The number of hydrogen-bond acceptors (Lipinski definition) is 4. The number of carbonyl (C=O) groups is 1. The molecule has 0 aliphatic carbocycles. The Morgan fingerprint density at radius 2 is 2.03 bits per heavy atom. The Morgan fingerprint density at radius 1 is 1.27 bits per heavy atom. The first-order valence-corrected chi connectivity index (χ1v) is 9.68. The first-order valence-electron chi connectivity index (χ1n) is 9.68. The molecule has 1 fully saturated rings. The van der Waals surface area contributed by atoms with Gasteiger partial charge in [-0.1, -0.05) is 24.3 Å². The fourth-order valence-electron chi connectivity index (χ4n) is 3.47. The van der Waals surface area contributed by atoms with Gasteiger partial charge in [-0.2, -0.15) is 13.2 Å². The van der Waals surface area contributed by atoms with Crippen molar-refractivity contribution in [2.24, 2.45) is 0 Å². The number of morpholine rings is 1. The molecule has 0 saturated carbocycles. The molecule has 1 aliphatic heterocycles. The number of hydrogen-bond donors (Lipinski definition) is 1. The van der Waals surface area contributed by atoms with Crippen molar-refractivity contribution < 1.29 is 32.5 Å². The standard InChI is InChI=1S/C22H24F3NO4/c1-15-12-16(20-13-26(10-11-29-20)9-8-21(27)28)6-7-19(15)30-14-17-4-2-3-5-18(17)22(23,24)25/h2-7,12,20H,8-11,13-14H2,1H3,(H,27,28). The molecule has 8 heteroatoms. The van der Waals surface area contributed by atoms with E-state index in [1.165, 1.54) is 12.1 Å². The van der Waals surface area contributed by atoms with Gasteiger partial charge in [0.05, 0.1) is 24.7 Å². The van der Waals surface area contributed by atoms with Crippen molar-refractivity contribution in [2.45, 2.75) is 32.2 Å². The Hall–Kier alpha value is -2.58. The van der Waals surface area contributed by atoms with E-state index in [0.29, 0.717) is 32.0 Å². The molecule has 162 valence electrons. The van der Waals surface area contributed by atoms with Crippen LogP contribution in [-0.2, 0) is 22.3 Å². The van der Waals surface area contributed by atoms with Gasteiger partial charge in [-0.3, -0.25) is 9.69 Å². The van der Waals surface area contributed by atoms with E-state index in [1.54, 1.807) is 12.1 Å². The summed E-state index contributed by atoms with van der Waals surface area (Å²) in [7, 11) is 0. The second-order valence-electron chi connectivity index (χ2n) is 7.27. The minimum absolute atomic E-state index is 0.0813. The predicted octanol–water partition coefficient (Wildman–Crippen LogP) is 4.44. The lowest BCUT2D eigenvalue weighted by molar-refractivity contribution is -0.139. The lowest BCUT2D eigenvalue weighted by Crippen LogP contribution is -2.39. The Labute approximate surface area is 173 Å². The highest BCUT2D eigenvalue weighted by Crippen LogP contribution is 2.33. The minimum atomic E-state index is -4.43. The molecule has 30 heavy (non-hydrogen) atoms. The number of halogens is 3. The Balaban J connectivity index is 1.65.